The number of carboxylic acid groups (broad SMARTS) is 2. The molecule has 220 valence electrons. The molecule has 0 saturated heterocycles. The fourth-order valence-electron chi connectivity index (χ4n) is 4.16. The smallest absolute Gasteiger partial charge is 0.328 e. The van der Waals surface area contributed by atoms with Gasteiger partial charge in [0.2, 0.25) is 0 Å². The second-order valence-electron chi connectivity index (χ2n) is 8.84. The molecule has 0 bridgehead atoms. The molecule has 0 aliphatic rings. The first-order chi connectivity index (χ1) is 20.6. The van der Waals surface area contributed by atoms with Gasteiger partial charge in [-0.1, -0.05) is 18.2 Å². The fraction of sp³-hybridized carbons (Fsp3) is 0.0690. The Balaban J connectivity index is 0.000000467. The third-order valence-corrected chi connectivity index (χ3v) is 7.00. The summed E-state index contributed by atoms with van der Waals surface area (Å²) in [5.74, 6) is -2.57. The second-order valence-corrected chi connectivity index (χ2v) is 9.72. The molecule has 5 aromatic rings. The van der Waals surface area contributed by atoms with E-state index in [2.05, 4.69) is 10.1 Å². The van der Waals surface area contributed by atoms with E-state index in [0.717, 1.165) is 32.3 Å². The quantitative estimate of drug-likeness (QED) is 0.159. The topological polar surface area (TPSA) is 198 Å². The van der Waals surface area contributed by atoms with Crippen LogP contribution in [0.4, 0.5) is 26.4 Å². The number of aliphatic hydroxyl groups excluding tert-OH is 1. The predicted molar refractivity (Wildman–Crippen MR) is 160 cm³/mol. The number of amides is 2. The van der Waals surface area contributed by atoms with Crippen LogP contribution in [0.2, 0.25) is 0 Å². The van der Waals surface area contributed by atoms with Crippen LogP contribution in [0.5, 0.6) is 0 Å². The summed E-state index contributed by atoms with van der Waals surface area (Å²) in [4.78, 5) is 36.9. The highest BCUT2D eigenvalue weighted by atomic mass is 32.1. The molecule has 12 nitrogen and oxygen atoms in total. The zero-order chi connectivity index (χ0) is 31.1. The van der Waals surface area contributed by atoms with Gasteiger partial charge in [-0.3, -0.25) is 9.58 Å². The van der Waals surface area contributed by atoms with Gasteiger partial charge in [0.25, 0.3) is 0 Å². The number of halogens is 1. The number of thiophene rings is 1. The minimum absolute atomic E-state index is 0.00204. The number of urea groups is 1. The van der Waals surface area contributed by atoms with Gasteiger partial charge in [-0.2, -0.15) is 5.10 Å². The van der Waals surface area contributed by atoms with E-state index in [4.69, 9.17) is 26.8 Å². The summed E-state index contributed by atoms with van der Waals surface area (Å²) in [6.45, 7) is 0.410. The molecule has 0 atom stereocenters. The maximum absolute atomic E-state index is 13.7. The minimum atomic E-state index is -1.26. The van der Waals surface area contributed by atoms with Gasteiger partial charge in [-0.25, -0.2) is 23.8 Å². The summed E-state index contributed by atoms with van der Waals surface area (Å²) in [7, 11) is 0. The van der Waals surface area contributed by atoms with E-state index in [9.17, 15) is 18.8 Å². The van der Waals surface area contributed by atoms with Crippen molar-refractivity contribution in [2.45, 2.75) is 6.54 Å². The number of carboxylic acids is 2. The van der Waals surface area contributed by atoms with Crippen molar-refractivity contribution < 1.29 is 34.1 Å². The van der Waals surface area contributed by atoms with E-state index >= 15 is 0 Å². The number of nitrogen functional groups attached to an aromatic ring is 1. The number of fused-ring (bicyclic) bond motifs is 1. The van der Waals surface area contributed by atoms with Crippen molar-refractivity contribution in [3.8, 4) is 22.3 Å². The number of primary amides is 1. The number of hydrogen-bond donors (Lipinski definition) is 5. The molecule has 0 unspecified atom stereocenters. The maximum atomic E-state index is 13.7. The molecule has 0 spiro atoms. The summed E-state index contributed by atoms with van der Waals surface area (Å²) < 4.78 is 16.4. The largest absolute Gasteiger partial charge is 0.478 e. The molecular formula is C29H25FN6O6S. The maximum Gasteiger partial charge on any atom is 0.328 e. The van der Waals surface area contributed by atoms with Gasteiger partial charge in [-0.05, 0) is 41.3 Å². The molecule has 0 aliphatic heterocycles. The number of hydrogen-bond acceptors (Lipinski definition) is 8. The molecule has 0 aliphatic carbocycles. The Morgan fingerprint density at radius 3 is 2.28 bits per heavy atom. The highest BCUT2D eigenvalue weighted by Crippen LogP contribution is 2.42. The summed E-state index contributed by atoms with van der Waals surface area (Å²) in [6, 6.07) is 12.2. The highest BCUT2D eigenvalue weighted by molar-refractivity contribution is 7.18. The number of carbonyl (C=O) groups excluding carboxylic acids is 1. The predicted octanol–water partition coefficient (Wildman–Crippen LogP) is 4.47. The molecule has 43 heavy (non-hydrogen) atoms. The van der Waals surface area contributed by atoms with Crippen LogP contribution in [0.15, 0.2) is 84.7 Å². The Kier molecular flexibility index (Phi) is 9.44. The van der Waals surface area contributed by atoms with Crippen molar-refractivity contribution in [1.82, 2.24) is 14.8 Å². The third kappa shape index (κ3) is 7.19. The van der Waals surface area contributed by atoms with E-state index in [-0.39, 0.29) is 6.61 Å². The Morgan fingerprint density at radius 2 is 1.67 bits per heavy atom. The van der Waals surface area contributed by atoms with Gasteiger partial charge < -0.3 is 26.8 Å². The molecule has 7 N–H and O–H groups in total. The van der Waals surface area contributed by atoms with Gasteiger partial charge in [0.05, 0.1) is 30.7 Å². The van der Waals surface area contributed by atoms with Crippen LogP contribution in [-0.2, 0) is 16.1 Å². The number of anilines is 3. The summed E-state index contributed by atoms with van der Waals surface area (Å²) in [5, 5.41) is 31.9. The van der Waals surface area contributed by atoms with Crippen molar-refractivity contribution in [2.75, 3.05) is 17.2 Å². The van der Waals surface area contributed by atoms with Crippen LogP contribution < -0.4 is 16.4 Å². The number of nitrogens with two attached hydrogens (primary N) is 2. The summed E-state index contributed by atoms with van der Waals surface area (Å²) in [6.07, 6.45) is 6.44. The number of benzene rings is 2. The van der Waals surface area contributed by atoms with Gasteiger partial charge >= 0.3 is 18.0 Å². The number of nitrogens with zero attached hydrogens (tertiary/aromatic N) is 4. The lowest BCUT2D eigenvalue weighted by atomic mass is 10.0. The standard InChI is InChI=1S/C25H21FN6O2S.C4H4O4/c26-17-2-1-3-19(10-17)32(25(28)34)18-6-4-15(5-7-18)21-14-35-23-20(12-29-24(27)22(21)23)16-11-30-31(13-16)8-9-33;5-3(6)1-2-4(7)8/h1-7,10-14,33H,8-9H2,(H2,27,29)(H2,28,34);1-2H,(H,5,6)(H,7,8)/b;2-1-. The second kappa shape index (κ2) is 13.4. The first-order valence-corrected chi connectivity index (χ1v) is 13.4. The number of carbonyl (C=O) groups is 3. The van der Waals surface area contributed by atoms with Crippen LogP contribution >= 0.6 is 11.3 Å². The highest BCUT2D eigenvalue weighted by Gasteiger charge is 2.18. The van der Waals surface area contributed by atoms with Crippen LogP contribution in [0, 0.1) is 5.82 Å². The number of aromatic nitrogens is 3. The van der Waals surface area contributed by atoms with Crippen molar-refractivity contribution in [2.24, 2.45) is 5.73 Å². The Bertz CT molecular complexity index is 1800. The van der Waals surface area contributed by atoms with Crippen LogP contribution in [0.3, 0.4) is 0 Å². The lowest BCUT2D eigenvalue weighted by molar-refractivity contribution is -0.134. The number of pyridine rings is 1. The average molecular weight is 605 g/mol. The molecule has 0 saturated carbocycles. The van der Waals surface area contributed by atoms with Crippen LogP contribution in [0.25, 0.3) is 32.3 Å². The van der Waals surface area contributed by atoms with Crippen LogP contribution in [-0.4, -0.2) is 54.7 Å². The number of rotatable bonds is 8. The minimum Gasteiger partial charge on any atom is -0.478 e. The molecule has 3 heterocycles. The number of aliphatic hydroxyl groups is 1. The van der Waals surface area contributed by atoms with E-state index in [1.807, 2.05) is 23.7 Å². The molecule has 2 aromatic carbocycles. The van der Waals surface area contributed by atoms with Gasteiger partial charge in [-0.15, -0.1) is 11.3 Å². The Labute approximate surface area is 247 Å². The van der Waals surface area contributed by atoms with Crippen molar-refractivity contribution in [1.29, 1.82) is 0 Å². The van der Waals surface area contributed by atoms with E-state index < -0.39 is 23.8 Å². The molecule has 0 fully saturated rings. The lowest BCUT2D eigenvalue weighted by Gasteiger charge is -2.21. The monoisotopic (exact) mass is 604 g/mol. The SMILES string of the molecule is NC(=O)N(c1ccc(-c2csc3c(-c4cnn(CCO)c4)cnc(N)c23)cc1)c1cccc(F)c1.O=C(O)/C=C\C(=O)O. The molecular weight excluding hydrogens is 579 g/mol. The third-order valence-electron chi connectivity index (χ3n) is 5.99. The zero-order valence-electron chi connectivity index (χ0n) is 22.3. The summed E-state index contributed by atoms with van der Waals surface area (Å²) in [5.41, 5.74) is 16.3. The van der Waals surface area contributed by atoms with Crippen molar-refractivity contribution in [3.05, 3.63) is 90.5 Å². The van der Waals surface area contributed by atoms with Gasteiger partial charge in [0.1, 0.15) is 11.6 Å². The van der Waals surface area contributed by atoms with E-state index in [1.54, 1.807) is 46.6 Å². The molecule has 2 amide bonds. The first kappa shape index (κ1) is 30.4. The molecule has 14 heteroatoms. The normalized spacial score (nSPS) is 10.8. The van der Waals surface area contributed by atoms with Crippen LogP contribution in [0.1, 0.15) is 0 Å². The first-order valence-electron chi connectivity index (χ1n) is 12.5. The van der Waals surface area contributed by atoms with E-state index in [1.165, 1.54) is 23.1 Å². The zero-order valence-corrected chi connectivity index (χ0v) is 23.1. The molecule has 3 aromatic heterocycles. The average Bonchev–Trinajstić information content (AvgIpc) is 3.62. The van der Waals surface area contributed by atoms with Crippen molar-refractivity contribution >= 4 is 56.6 Å². The lowest BCUT2D eigenvalue weighted by Crippen LogP contribution is -2.31. The van der Waals surface area contributed by atoms with E-state index in [0.29, 0.717) is 35.9 Å². The fourth-order valence-corrected chi connectivity index (χ4v) is 5.28. The summed E-state index contributed by atoms with van der Waals surface area (Å²) >= 11 is 1.55. The molecule has 5 rings (SSSR count). The van der Waals surface area contributed by atoms with Gasteiger partial charge in [0.15, 0.2) is 0 Å². The Hall–Kier alpha value is -5.60. The van der Waals surface area contributed by atoms with Crippen molar-refractivity contribution in [3.63, 3.8) is 0 Å². The molecule has 0 radical (unpaired) electrons. The number of aliphatic carboxylic acids is 2. The Morgan fingerprint density at radius 1 is 0.977 bits per heavy atom. The van der Waals surface area contributed by atoms with Gasteiger partial charge in [0, 0.05) is 51.3 Å².